The molecule has 0 N–H and O–H groups in total. The number of thiophene rings is 1. The third-order valence-corrected chi connectivity index (χ3v) is 10.7. The van der Waals surface area contributed by atoms with Crippen molar-refractivity contribution >= 4 is 54.6 Å². The maximum atomic E-state index is 2.44. The number of rotatable bonds is 4. The van der Waals surface area contributed by atoms with Crippen LogP contribution in [0, 0.1) is 0 Å². The second kappa shape index (κ2) is 10.8. The lowest BCUT2D eigenvalue weighted by Crippen LogP contribution is -2.56. The topological polar surface area (TPSA) is 0 Å². The van der Waals surface area contributed by atoms with Gasteiger partial charge in [0.25, 0.3) is 0 Å². The first kappa shape index (κ1) is 26.2. The van der Waals surface area contributed by atoms with E-state index in [0.717, 1.165) is 6.42 Å². The number of hydrogen-bond acceptors (Lipinski definition) is 1. The van der Waals surface area contributed by atoms with E-state index in [1.807, 2.05) is 11.3 Å². The summed E-state index contributed by atoms with van der Waals surface area (Å²) in [6.45, 7) is 0.228. The maximum absolute atomic E-state index is 2.44. The highest BCUT2D eigenvalue weighted by Crippen LogP contribution is 2.45. The van der Waals surface area contributed by atoms with E-state index in [4.69, 9.17) is 0 Å². The van der Waals surface area contributed by atoms with Crippen LogP contribution in [0.25, 0.3) is 53.6 Å². The highest BCUT2D eigenvalue weighted by Gasteiger charge is 2.30. The van der Waals surface area contributed by atoms with Gasteiger partial charge in [0.1, 0.15) is 0 Å². The molecule has 1 aromatic heterocycles. The van der Waals surface area contributed by atoms with Gasteiger partial charge in [0.05, 0.1) is 0 Å². The summed E-state index contributed by atoms with van der Waals surface area (Å²) in [6, 6.07) is 60.5. The molecule has 0 saturated heterocycles. The summed E-state index contributed by atoms with van der Waals surface area (Å²) in [7, 11) is 0. The van der Waals surface area contributed by atoms with Crippen molar-refractivity contribution in [3.8, 4) is 33.4 Å². The van der Waals surface area contributed by atoms with E-state index in [1.54, 1.807) is 0 Å². The fraction of sp³-hybridized carbons (Fsp3) is 0.0233. The SMILES string of the molecule is c1ccc(-c2cc(-c3ccccc3)c3sc4c(-c5cccc(B6c7ccccc7Cc7ccccc76)c5)cccc4c3c2)cc1. The summed E-state index contributed by atoms with van der Waals surface area (Å²) in [5.74, 6) is 0. The molecule has 2 heterocycles. The Labute approximate surface area is 268 Å². The van der Waals surface area contributed by atoms with E-state index >= 15 is 0 Å². The van der Waals surface area contributed by atoms with Crippen LogP contribution in [0.1, 0.15) is 11.1 Å². The van der Waals surface area contributed by atoms with E-state index < -0.39 is 0 Å². The summed E-state index contributed by atoms with van der Waals surface area (Å²) in [5.41, 5.74) is 14.7. The quantitative estimate of drug-likeness (QED) is 0.180. The van der Waals surface area contributed by atoms with Crippen molar-refractivity contribution in [3.63, 3.8) is 0 Å². The Hall–Kier alpha value is -5.18. The fourth-order valence-corrected chi connectivity index (χ4v) is 8.68. The van der Waals surface area contributed by atoms with Crippen molar-refractivity contribution in [2.75, 3.05) is 0 Å². The molecule has 0 fully saturated rings. The van der Waals surface area contributed by atoms with Crippen molar-refractivity contribution in [2.45, 2.75) is 6.42 Å². The second-order valence-corrected chi connectivity index (χ2v) is 13.1. The van der Waals surface area contributed by atoms with Gasteiger partial charge >= 0.3 is 0 Å². The van der Waals surface area contributed by atoms with Crippen molar-refractivity contribution < 1.29 is 0 Å². The summed E-state index contributed by atoms with van der Waals surface area (Å²) < 4.78 is 2.69. The molecule has 1 aliphatic heterocycles. The first-order chi connectivity index (χ1) is 22.3. The molecule has 8 aromatic rings. The molecule has 0 nitrogen and oxygen atoms in total. The van der Waals surface area contributed by atoms with E-state index in [0.29, 0.717) is 0 Å². The minimum absolute atomic E-state index is 0.228. The monoisotopic (exact) mass is 588 g/mol. The molecule has 9 rings (SSSR count). The molecule has 0 bridgehead atoms. The molecule has 45 heavy (non-hydrogen) atoms. The summed E-state index contributed by atoms with van der Waals surface area (Å²) in [4.78, 5) is 0. The molecule has 0 spiro atoms. The van der Waals surface area contributed by atoms with Crippen LogP contribution in [0.15, 0.2) is 164 Å². The molecule has 0 radical (unpaired) electrons. The van der Waals surface area contributed by atoms with Crippen LogP contribution in [0.3, 0.4) is 0 Å². The van der Waals surface area contributed by atoms with E-state index in [-0.39, 0.29) is 6.71 Å². The van der Waals surface area contributed by atoms with Gasteiger partial charge in [-0.3, -0.25) is 0 Å². The Kier molecular flexibility index (Phi) is 6.28. The maximum Gasteiger partial charge on any atom is 0.241 e. The van der Waals surface area contributed by atoms with Gasteiger partial charge < -0.3 is 0 Å². The molecular formula is C43H29BS. The number of hydrogen-bond donors (Lipinski definition) is 0. The predicted octanol–water partition coefficient (Wildman–Crippen LogP) is 9.48. The third-order valence-electron chi connectivity index (χ3n) is 9.43. The highest BCUT2D eigenvalue weighted by atomic mass is 32.1. The van der Waals surface area contributed by atoms with Crippen LogP contribution in [0.5, 0.6) is 0 Å². The van der Waals surface area contributed by atoms with Crippen molar-refractivity contribution in [1.29, 1.82) is 0 Å². The lowest BCUT2D eigenvalue weighted by atomic mass is 9.33. The summed E-state index contributed by atoms with van der Waals surface area (Å²) in [6.07, 6.45) is 0.998. The van der Waals surface area contributed by atoms with Gasteiger partial charge in [0.15, 0.2) is 0 Å². The Morgan fingerprint density at radius 1 is 0.400 bits per heavy atom. The molecule has 0 aliphatic carbocycles. The van der Waals surface area contributed by atoms with Gasteiger partial charge in [-0.25, -0.2) is 0 Å². The van der Waals surface area contributed by atoms with Gasteiger partial charge in [0, 0.05) is 25.7 Å². The standard InChI is InChI=1S/C43H29BS/c1-3-13-29(14-4-1)34-27-38(30-15-5-2-6-16-30)43-39(28-34)37-22-12-21-36(42(37)45-43)31-19-11-20-35(26-31)44-40-23-9-7-17-32(40)25-33-18-8-10-24-41(33)44/h1-24,26-28H,25H2. The van der Waals surface area contributed by atoms with Crippen LogP contribution in [0.2, 0.25) is 0 Å². The lowest BCUT2D eigenvalue weighted by molar-refractivity contribution is 1.21. The van der Waals surface area contributed by atoms with Gasteiger partial charge in [-0.05, 0) is 57.5 Å². The average molecular weight is 589 g/mol. The molecule has 0 saturated carbocycles. The van der Waals surface area contributed by atoms with Crippen LogP contribution in [-0.4, -0.2) is 6.71 Å². The molecule has 0 atom stereocenters. The molecule has 210 valence electrons. The summed E-state index contributed by atoms with van der Waals surface area (Å²) >= 11 is 1.93. The van der Waals surface area contributed by atoms with E-state index in [2.05, 4.69) is 164 Å². The second-order valence-electron chi connectivity index (χ2n) is 12.0. The van der Waals surface area contributed by atoms with Gasteiger partial charge in [0.2, 0.25) is 6.71 Å². The Bertz CT molecular complexity index is 2300. The molecule has 0 amide bonds. The van der Waals surface area contributed by atoms with E-state index in [9.17, 15) is 0 Å². The molecule has 0 unspecified atom stereocenters. The summed E-state index contributed by atoms with van der Waals surface area (Å²) in [5, 5.41) is 2.64. The number of benzene rings is 7. The first-order valence-corrected chi connectivity index (χ1v) is 16.5. The molecule has 1 aliphatic rings. The smallest absolute Gasteiger partial charge is 0.134 e. The molecule has 2 heteroatoms. The normalized spacial score (nSPS) is 12.3. The highest BCUT2D eigenvalue weighted by molar-refractivity contribution is 7.26. The molecular weight excluding hydrogens is 559 g/mol. The Balaban J connectivity index is 1.25. The third kappa shape index (κ3) is 4.45. The van der Waals surface area contributed by atoms with Crippen LogP contribution in [-0.2, 0) is 6.42 Å². The van der Waals surface area contributed by atoms with Crippen molar-refractivity contribution in [3.05, 3.63) is 175 Å². The Morgan fingerprint density at radius 3 is 1.73 bits per heavy atom. The van der Waals surface area contributed by atoms with Crippen LogP contribution < -0.4 is 16.4 Å². The predicted molar refractivity (Wildman–Crippen MR) is 196 cm³/mol. The Morgan fingerprint density at radius 2 is 1.00 bits per heavy atom. The minimum Gasteiger partial charge on any atom is -0.134 e. The average Bonchev–Trinajstić information content (AvgIpc) is 3.50. The largest absolute Gasteiger partial charge is 0.241 e. The van der Waals surface area contributed by atoms with Gasteiger partial charge in [-0.1, -0.05) is 168 Å². The fourth-order valence-electron chi connectivity index (χ4n) is 7.33. The van der Waals surface area contributed by atoms with Crippen LogP contribution in [0.4, 0.5) is 0 Å². The first-order valence-electron chi connectivity index (χ1n) is 15.7. The minimum atomic E-state index is 0.228. The zero-order chi connectivity index (χ0) is 29.7. The van der Waals surface area contributed by atoms with Crippen LogP contribution >= 0.6 is 11.3 Å². The molecule has 7 aromatic carbocycles. The van der Waals surface area contributed by atoms with E-state index in [1.165, 1.54) is 81.1 Å². The van der Waals surface area contributed by atoms with Crippen molar-refractivity contribution in [1.82, 2.24) is 0 Å². The zero-order valence-corrected chi connectivity index (χ0v) is 25.6. The zero-order valence-electron chi connectivity index (χ0n) is 24.8. The number of fused-ring (bicyclic) bond motifs is 5. The van der Waals surface area contributed by atoms with Gasteiger partial charge in [-0.2, -0.15) is 0 Å². The lowest BCUT2D eigenvalue weighted by Gasteiger charge is -2.27. The van der Waals surface area contributed by atoms with Crippen molar-refractivity contribution in [2.24, 2.45) is 0 Å². The van der Waals surface area contributed by atoms with Gasteiger partial charge in [-0.15, -0.1) is 11.3 Å².